The van der Waals surface area contributed by atoms with Crippen LogP contribution in [-0.2, 0) is 9.22 Å². The number of hydrogen-bond acceptors (Lipinski definition) is 2. The summed E-state index contributed by atoms with van der Waals surface area (Å²) in [6.07, 6.45) is 5.79. The number of allylic oxidation sites excluding steroid dienone is 2. The third-order valence-electron chi connectivity index (χ3n) is 6.37. The van der Waals surface area contributed by atoms with Gasteiger partial charge in [0.25, 0.3) is 5.92 Å². The topological polar surface area (TPSA) is 26.3 Å². The molecule has 0 amide bonds. The number of alkyl halides is 2. The van der Waals surface area contributed by atoms with Crippen molar-refractivity contribution < 1.29 is 18.0 Å². The third-order valence-corrected chi connectivity index (χ3v) is 7.50. The second kappa shape index (κ2) is 7.12. The summed E-state index contributed by atoms with van der Waals surface area (Å²) in [5, 5.41) is 0. The Morgan fingerprint density at radius 1 is 1.35 bits per heavy atom. The highest BCUT2D eigenvalue weighted by atomic mass is 28.4. The van der Waals surface area contributed by atoms with E-state index in [1.54, 1.807) is 0 Å². The predicted molar refractivity (Wildman–Crippen MR) is 105 cm³/mol. The van der Waals surface area contributed by atoms with Crippen molar-refractivity contribution in [1.29, 1.82) is 0 Å². The normalized spacial score (nSPS) is 28.7. The molecule has 0 heterocycles. The molecule has 2 aliphatic rings. The van der Waals surface area contributed by atoms with Gasteiger partial charge in [-0.2, -0.15) is 0 Å². The van der Waals surface area contributed by atoms with Gasteiger partial charge in [-0.05, 0) is 70.5 Å². The van der Waals surface area contributed by atoms with Crippen molar-refractivity contribution in [1.82, 2.24) is 0 Å². The summed E-state index contributed by atoms with van der Waals surface area (Å²) >= 11 is 0. The zero-order valence-electron chi connectivity index (χ0n) is 17.5. The average molecular weight is 387 g/mol. The summed E-state index contributed by atoms with van der Waals surface area (Å²) < 4.78 is 35.6. The Balaban J connectivity index is 2.04. The first kappa shape index (κ1) is 21.7. The summed E-state index contributed by atoms with van der Waals surface area (Å²) in [5.74, 6) is -2.37. The van der Waals surface area contributed by atoms with Gasteiger partial charge in [-0.15, -0.1) is 0 Å². The first-order valence-corrected chi connectivity index (χ1v) is 13.4. The van der Waals surface area contributed by atoms with Crippen LogP contribution < -0.4 is 0 Å². The maximum absolute atomic E-state index is 14.9. The van der Waals surface area contributed by atoms with Crippen LogP contribution in [-0.4, -0.2) is 25.6 Å². The van der Waals surface area contributed by atoms with Gasteiger partial charge in [0, 0.05) is 18.8 Å². The molecule has 0 aromatic heterocycles. The van der Waals surface area contributed by atoms with Crippen molar-refractivity contribution in [2.24, 2.45) is 17.3 Å². The SMILES string of the molecule is C[C@H](CCC(F)(F)C(C)(C)O[Si](C)(C)C)C1=CC[C@H]2C(=O)CCC[C@]12C. The van der Waals surface area contributed by atoms with Crippen molar-refractivity contribution >= 4 is 14.1 Å². The molecule has 2 aliphatic carbocycles. The fraction of sp³-hybridized carbons (Fsp3) is 0.857. The first-order valence-electron chi connectivity index (χ1n) is 10.0. The van der Waals surface area contributed by atoms with E-state index in [9.17, 15) is 13.6 Å². The minimum absolute atomic E-state index is 0.0703. The summed E-state index contributed by atoms with van der Waals surface area (Å²) in [6.45, 7) is 13.1. The third kappa shape index (κ3) is 4.29. The molecule has 0 aromatic carbocycles. The molecule has 0 aromatic rings. The van der Waals surface area contributed by atoms with Crippen LogP contribution in [0.1, 0.15) is 66.2 Å². The maximum Gasteiger partial charge on any atom is 0.274 e. The van der Waals surface area contributed by atoms with E-state index in [4.69, 9.17) is 4.43 Å². The second-order valence-corrected chi connectivity index (χ2v) is 14.5. The zero-order chi connectivity index (χ0) is 20.0. The van der Waals surface area contributed by atoms with Crippen molar-refractivity contribution in [2.45, 2.75) is 97.4 Å². The van der Waals surface area contributed by atoms with E-state index in [1.165, 1.54) is 19.4 Å². The molecule has 0 radical (unpaired) electrons. The van der Waals surface area contributed by atoms with Crippen molar-refractivity contribution in [2.75, 3.05) is 0 Å². The molecule has 3 atom stereocenters. The highest BCUT2D eigenvalue weighted by Crippen LogP contribution is 2.54. The van der Waals surface area contributed by atoms with E-state index < -0.39 is 19.8 Å². The predicted octanol–water partition coefficient (Wildman–Crippen LogP) is 6.37. The summed E-state index contributed by atoms with van der Waals surface area (Å²) in [4.78, 5) is 12.3. The Hall–Kier alpha value is -0.553. The van der Waals surface area contributed by atoms with Crippen LogP contribution in [0.5, 0.6) is 0 Å². The number of rotatable bonds is 7. The first-order chi connectivity index (χ1) is 11.7. The second-order valence-electron chi connectivity index (χ2n) is 10.1. The monoisotopic (exact) mass is 386 g/mol. The number of ketones is 1. The van der Waals surface area contributed by atoms with Gasteiger partial charge in [0.15, 0.2) is 8.32 Å². The van der Waals surface area contributed by atoms with Crippen LogP contribution in [0, 0.1) is 17.3 Å². The van der Waals surface area contributed by atoms with Gasteiger partial charge in [0.2, 0.25) is 0 Å². The van der Waals surface area contributed by atoms with Crippen molar-refractivity contribution in [3.8, 4) is 0 Å². The molecule has 0 bridgehead atoms. The Morgan fingerprint density at radius 2 is 1.96 bits per heavy atom. The minimum Gasteiger partial charge on any atom is -0.407 e. The van der Waals surface area contributed by atoms with Gasteiger partial charge in [-0.25, -0.2) is 8.78 Å². The molecule has 150 valence electrons. The van der Waals surface area contributed by atoms with Gasteiger partial charge in [0.1, 0.15) is 11.4 Å². The van der Waals surface area contributed by atoms with E-state index in [-0.39, 0.29) is 23.7 Å². The van der Waals surface area contributed by atoms with Gasteiger partial charge in [-0.3, -0.25) is 4.79 Å². The molecular formula is C21H36F2O2Si. The molecule has 1 saturated carbocycles. The lowest BCUT2D eigenvalue weighted by Crippen LogP contribution is -2.51. The lowest BCUT2D eigenvalue weighted by atomic mass is 9.63. The Morgan fingerprint density at radius 3 is 2.54 bits per heavy atom. The van der Waals surface area contributed by atoms with E-state index in [0.717, 1.165) is 19.3 Å². The van der Waals surface area contributed by atoms with Gasteiger partial charge in [-0.1, -0.05) is 25.5 Å². The zero-order valence-corrected chi connectivity index (χ0v) is 18.5. The smallest absolute Gasteiger partial charge is 0.274 e. The fourth-order valence-electron chi connectivity index (χ4n) is 5.01. The van der Waals surface area contributed by atoms with Crippen molar-refractivity contribution in [3.05, 3.63) is 11.6 Å². The quantitative estimate of drug-likeness (QED) is 0.375. The minimum atomic E-state index is -2.87. The molecule has 2 nitrogen and oxygen atoms in total. The number of halogens is 2. The number of carbonyl (C=O) groups is 1. The highest BCUT2D eigenvalue weighted by molar-refractivity contribution is 6.69. The molecule has 0 saturated heterocycles. The van der Waals surface area contributed by atoms with Crippen molar-refractivity contribution in [3.63, 3.8) is 0 Å². The standard InChI is InChI=1S/C21H36F2O2Si/c1-15(12-14-21(22,23)19(2,3)25-26(5,6)7)16-10-11-17-18(24)9-8-13-20(16,17)4/h10,15,17H,8-9,11-14H2,1-7H3/t15-,17+,20-/m1/s1. The molecule has 0 unspecified atom stereocenters. The van der Waals surface area contributed by atoms with Crippen LogP contribution in [0.2, 0.25) is 19.6 Å². The molecule has 1 fully saturated rings. The average Bonchev–Trinajstić information content (AvgIpc) is 2.80. The Bertz CT molecular complexity index is 577. The van der Waals surface area contributed by atoms with E-state index in [2.05, 4.69) is 13.0 Å². The molecule has 0 aliphatic heterocycles. The Kier molecular flexibility index (Phi) is 5.95. The fourth-order valence-corrected chi connectivity index (χ4v) is 6.69. The van der Waals surface area contributed by atoms with Crippen LogP contribution in [0.25, 0.3) is 0 Å². The molecule has 0 N–H and O–H groups in total. The number of hydrogen-bond donors (Lipinski definition) is 0. The largest absolute Gasteiger partial charge is 0.407 e. The Labute approximate surface area is 158 Å². The molecule has 2 rings (SSSR count). The van der Waals surface area contributed by atoms with Gasteiger partial charge < -0.3 is 4.43 Å². The molecule has 0 spiro atoms. The summed E-state index contributed by atoms with van der Waals surface area (Å²) in [5.41, 5.74) is -0.335. The molecule has 5 heteroatoms. The highest BCUT2D eigenvalue weighted by Gasteiger charge is 2.51. The maximum atomic E-state index is 14.9. The molecule has 26 heavy (non-hydrogen) atoms. The lowest BCUT2D eigenvalue weighted by molar-refractivity contribution is -0.157. The van der Waals surface area contributed by atoms with Gasteiger partial charge >= 0.3 is 0 Å². The van der Waals surface area contributed by atoms with Crippen LogP contribution in [0.3, 0.4) is 0 Å². The van der Waals surface area contributed by atoms with Crippen LogP contribution in [0.4, 0.5) is 8.78 Å². The van der Waals surface area contributed by atoms with Crippen LogP contribution >= 0.6 is 0 Å². The van der Waals surface area contributed by atoms with E-state index in [0.29, 0.717) is 18.6 Å². The number of Topliss-reactive ketones (excluding diaryl/α,β-unsaturated/α-hetero) is 1. The van der Waals surface area contributed by atoms with Gasteiger partial charge in [0.05, 0.1) is 0 Å². The van der Waals surface area contributed by atoms with Crippen LogP contribution in [0.15, 0.2) is 11.6 Å². The number of carbonyl (C=O) groups excluding carboxylic acids is 1. The summed E-state index contributed by atoms with van der Waals surface area (Å²) in [7, 11) is -2.06. The summed E-state index contributed by atoms with van der Waals surface area (Å²) in [6, 6.07) is 0. The van der Waals surface area contributed by atoms with E-state index in [1.807, 2.05) is 26.6 Å². The lowest BCUT2D eigenvalue weighted by Gasteiger charge is -2.41. The number of fused-ring (bicyclic) bond motifs is 1. The van der Waals surface area contributed by atoms with E-state index >= 15 is 0 Å². The molecular weight excluding hydrogens is 350 g/mol.